The first-order chi connectivity index (χ1) is 10.5. The first-order valence-corrected chi connectivity index (χ1v) is 13.0. The zero-order valence-electron chi connectivity index (χ0n) is 17.1. The molecule has 0 aromatic heterocycles. The van der Waals surface area contributed by atoms with Crippen molar-refractivity contribution >= 4 is 17.2 Å². The van der Waals surface area contributed by atoms with Crippen molar-refractivity contribution in [2.45, 2.75) is 91.4 Å². The summed E-state index contributed by atoms with van der Waals surface area (Å²) in [4.78, 5) is 0. The zero-order chi connectivity index (χ0) is 17.1. The van der Waals surface area contributed by atoms with E-state index in [0.29, 0.717) is 0 Å². The van der Waals surface area contributed by atoms with Gasteiger partial charge in [0, 0.05) is 17.1 Å². The van der Waals surface area contributed by atoms with Crippen LogP contribution in [0.3, 0.4) is 0 Å². The average molecular weight is 402 g/mol. The molecule has 0 N–H and O–H groups in total. The van der Waals surface area contributed by atoms with Crippen molar-refractivity contribution in [3.63, 3.8) is 0 Å². The van der Waals surface area contributed by atoms with Gasteiger partial charge < -0.3 is 0 Å². The molecule has 0 nitrogen and oxygen atoms in total. The largest absolute Gasteiger partial charge is 0.122 e. The van der Waals surface area contributed by atoms with E-state index in [4.69, 9.17) is 0 Å². The second kappa shape index (κ2) is 15.6. The number of hydrogen-bond donors (Lipinski definition) is 0. The number of hydrogen-bond acceptors (Lipinski definition) is 0. The molecule has 2 saturated carbocycles. The van der Waals surface area contributed by atoms with Gasteiger partial charge in [-0.1, -0.05) is 54.4 Å². The van der Waals surface area contributed by atoms with Crippen LogP contribution in [0.25, 0.3) is 0 Å². The minimum atomic E-state index is 0. The normalized spacial score (nSPS) is 30.5. The van der Waals surface area contributed by atoms with Crippen LogP contribution >= 0.6 is 17.2 Å². The van der Waals surface area contributed by atoms with Crippen molar-refractivity contribution in [2.24, 2.45) is 23.7 Å². The van der Waals surface area contributed by atoms with E-state index in [1.54, 1.807) is 0 Å². The first kappa shape index (κ1) is 26.6. The van der Waals surface area contributed by atoms with Crippen LogP contribution in [0, 0.1) is 23.7 Å². The van der Waals surface area contributed by atoms with Gasteiger partial charge in [-0.05, 0) is 74.0 Å². The summed E-state index contributed by atoms with van der Waals surface area (Å²) < 4.78 is 0. The van der Waals surface area contributed by atoms with E-state index in [2.05, 4.69) is 41.0 Å². The molecule has 0 radical (unpaired) electrons. The standard InChI is InChI=1S/2C9H19P.C2H6.Fe/c2*1-7(2)8-5-4-6-9(8)10-3;1-2;/h2*7-10H,4-6H2,1-3H3;1-2H3;. The monoisotopic (exact) mass is 402 g/mol. The van der Waals surface area contributed by atoms with Crippen LogP contribution in [0.5, 0.6) is 0 Å². The molecule has 6 unspecified atom stereocenters. The Kier molecular flexibility index (Phi) is 18.1. The fourth-order valence-electron chi connectivity index (χ4n) is 4.29. The summed E-state index contributed by atoms with van der Waals surface area (Å²) in [5.74, 6) is 3.98. The van der Waals surface area contributed by atoms with Crippen molar-refractivity contribution in [1.29, 1.82) is 0 Å². The maximum atomic E-state index is 2.38. The maximum Gasteiger partial charge on any atom is 0 e. The zero-order valence-corrected chi connectivity index (χ0v) is 20.2. The molecule has 0 aliphatic heterocycles. The van der Waals surface area contributed by atoms with Crippen molar-refractivity contribution < 1.29 is 17.1 Å². The molecule has 3 heteroatoms. The van der Waals surface area contributed by atoms with Gasteiger partial charge in [0.25, 0.3) is 0 Å². The minimum absolute atomic E-state index is 0. The van der Waals surface area contributed by atoms with Gasteiger partial charge in [0.15, 0.2) is 0 Å². The predicted octanol–water partition coefficient (Wildman–Crippen LogP) is 7.26. The van der Waals surface area contributed by atoms with Gasteiger partial charge in [-0.3, -0.25) is 0 Å². The second-order valence-corrected chi connectivity index (χ2v) is 10.1. The van der Waals surface area contributed by atoms with Crippen molar-refractivity contribution in [3.8, 4) is 0 Å². The van der Waals surface area contributed by atoms with Crippen LogP contribution in [0.4, 0.5) is 0 Å². The quantitative estimate of drug-likeness (QED) is 0.343. The smallest absolute Gasteiger partial charge is 0 e. The van der Waals surface area contributed by atoms with Gasteiger partial charge in [0.1, 0.15) is 0 Å². The van der Waals surface area contributed by atoms with Crippen LogP contribution in [0.15, 0.2) is 0 Å². The Hall–Kier alpha value is 1.38. The SMILES string of the molecule is CC.CPC1CCCC1C(C)C.CPC1CCCC1C(C)C.[Fe]. The van der Waals surface area contributed by atoms with Gasteiger partial charge >= 0.3 is 0 Å². The molecule has 23 heavy (non-hydrogen) atoms. The molecule has 0 spiro atoms. The Morgan fingerprint density at radius 1 is 0.652 bits per heavy atom. The van der Waals surface area contributed by atoms with Gasteiger partial charge in [0.2, 0.25) is 0 Å². The molecule has 0 aromatic carbocycles. The summed E-state index contributed by atoms with van der Waals surface area (Å²) in [5.41, 5.74) is 2.17. The fourth-order valence-corrected chi connectivity index (χ4v) is 7.24. The summed E-state index contributed by atoms with van der Waals surface area (Å²) in [5, 5.41) is 0. The van der Waals surface area contributed by atoms with Crippen molar-refractivity contribution in [2.75, 3.05) is 13.3 Å². The second-order valence-electron chi connectivity index (χ2n) is 7.47. The van der Waals surface area contributed by atoms with E-state index < -0.39 is 0 Å². The first-order valence-electron chi connectivity index (χ1n) is 9.85. The Balaban J connectivity index is 0. The Labute approximate surface area is 162 Å². The van der Waals surface area contributed by atoms with E-state index in [1.807, 2.05) is 13.8 Å². The average Bonchev–Trinajstić information content (AvgIpc) is 3.18. The van der Waals surface area contributed by atoms with Crippen LogP contribution in [0.2, 0.25) is 0 Å². The Bertz CT molecular complexity index is 230. The Morgan fingerprint density at radius 3 is 1.13 bits per heavy atom. The molecule has 0 saturated heterocycles. The van der Waals surface area contributed by atoms with E-state index in [1.165, 1.54) is 55.7 Å². The summed E-state index contributed by atoms with van der Waals surface area (Å²) in [6.07, 6.45) is 9.02. The predicted molar refractivity (Wildman–Crippen MR) is 112 cm³/mol. The van der Waals surface area contributed by atoms with Gasteiger partial charge in [0.05, 0.1) is 0 Å². The summed E-state index contributed by atoms with van der Waals surface area (Å²) in [6, 6.07) is 0. The third-order valence-corrected chi connectivity index (χ3v) is 8.51. The molecule has 2 aliphatic carbocycles. The molecule has 0 heterocycles. The van der Waals surface area contributed by atoms with Crippen molar-refractivity contribution in [3.05, 3.63) is 0 Å². The summed E-state index contributed by atoms with van der Waals surface area (Å²) in [7, 11) is 2.37. The van der Waals surface area contributed by atoms with E-state index in [0.717, 1.165) is 35.0 Å². The summed E-state index contributed by atoms with van der Waals surface area (Å²) >= 11 is 0. The van der Waals surface area contributed by atoms with E-state index in [-0.39, 0.29) is 17.1 Å². The molecule has 0 aromatic rings. The molecule has 0 bridgehead atoms. The van der Waals surface area contributed by atoms with E-state index >= 15 is 0 Å². The van der Waals surface area contributed by atoms with Crippen LogP contribution in [0.1, 0.15) is 80.1 Å². The molecule has 6 atom stereocenters. The number of rotatable bonds is 4. The molecule has 0 amide bonds. The molecule has 2 fully saturated rings. The van der Waals surface area contributed by atoms with E-state index in [9.17, 15) is 0 Å². The molecular weight excluding hydrogens is 358 g/mol. The molecule has 2 rings (SSSR count). The molecule has 142 valence electrons. The maximum absolute atomic E-state index is 2.38. The van der Waals surface area contributed by atoms with Crippen LogP contribution < -0.4 is 0 Å². The minimum Gasteiger partial charge on any atom is -0.122 e. The van der Waals surface area contributed by atoms with Gasteiger partial charge in [-0.15, -0.1) is 17.2 Å². The van der Waals surface area contributed by atoms with Crippen LogP contribution in [-0.2, 0) is 17.1 Å². The molecule has 2 aliphatic rings. The fraction of sp³-hybridized carbons (Fsp3) is 1.00. The topological polar surface area (TPSA) is 0 Å². The van der Waals surface area contributed by atoms with Crippen LogP contribution in [-0.4, -0.2) is 24.6 Å². The Morgan fingerprint density at radius 2 is 0.957 bits per heavy atom. The summed E-state index contributed by atoms with van der Waals surface area (Å²) in [6.45, 7) is 18.2. The molecular formula is C20H44FeP2. The third-order valence-electron chi connectivity index (χ3n) is 5.59. The van der Waals surface area contributed by atoms with Gasteiger partial charge in [-0.25, -0.2) is 0 Å². The third kappa shape index (κ3) is 9.59. The van der Waals surface area contributed by atoms with Gasteiger partial charge in [-0.2, -0.15) is 0 Å². The van der Waals surface area contributed by atoms with Crippen molar-refractivity contribution in [1.82, 2.24) is 0 Å².